The first-order chi connectivity index (χ1) is 5.59. The minimum absolute atomic E-state index is 0.411. The first-order valence-electron chi connectivity index (χ1n) is 4.30. The highest BCUT2D eigenvalue weighted by Gasteiger charge is 2.04. The molecule has 3 heteroatoms. The fourth-order valence-electron chi connectivity index (χ4n) is 1.07. The van der Waals surface area contributed by atoms with Gasteiger partial charge in [0.25, 0.3) is 0 Å². The molecule has 0 aliphatic heterocycles. The molecule has 0 aliphatic rings. The molecule has 1 aromatic heterocycles. The Morgan fingerprint density at radius 3 is 2.58 bits per heavy atom. The molecule has 1 aromatic rings. The zero-order valence-corrected chi connectivity index (χ0v) is 7.86. The molecule has 12 heavy (non-hydrogen) atoms. The van der Waals surface area contributed by atoms with Gasteiger partial charge in [-0.1, -0.05) is 13.8 Å². The summed E-state index contributed by atoms with van der Waals surface area (Å²) in [7, 11) is 0. The van der Waals surface area contributed by atoms with Gasteiger partial charge in [-0.2, -0.15) is 5.10 Å². The summed E-state index contributed by atoms with van der Waals surface area (Å²) in [4.78, 5) is 0. The lowest BCUT2D eigenvalue weighted by molar-refractivity contribution is 0.199. The average Bonchev–Trinajstić information content (AvgIpc) is 2.34. The minimum Gasteiger partial charge on any atom is -0.389 e. The monoisotopic (exact) mass is 168 g/mol. The van der Waals surface area contributed by atoms with Gasteiger partial charge < -0.3 is 5.11 Å². The Kier molecular flexibility index (Phi) is 2.87. The Bertz CT molecular complexity index is 240. The van der Waals surface area contributed by atoms with Gasteiger partial charge in [-0.25, -0.2) is 0 Å². The second-order valence-electron chi connectivity index (χ2n) is 3.57. The zero-order chi connectivity index (χ0) is 9.14. The molecule has 1 N–H and O–H groups in total. The van der Waals surface area contributed by atoms with Crippen molar-refractivity contribution in [1.82, 2.24) is 9.78 Å². The fraction of sp³-hybridized carbons (Fsp3) is 0.667. The number of nitrogens with zero attached hydrogens (tertiary/aromatic N) is 2. The third kappa shape index (κ3) is 2.34. The van der Waals surface area contributed by atoms with Crippen molar-refractivity contribution in [2.24, 2.45) is 5.92 Å². The van der Waals surface area contributed by atoms with Gasteiger partial charge >= 0.3 is 0 Å². The largest absolute Gasteiger partial charge is 0.389 e. The van der Waals surface area contributed by atoms with E-state index >= 15 is 0 Å². The Labute approximate surface area is 73.0 Å². The van der Waals surface area contributed by atoms with Crippen LogP contribution in [-0.4, -0.2) is 14.9 Å². The van der Waals surface area contributed by atoms with E-state index in [-0.39, 0.29) is 0 Å². The lowest BCUT2D eigenvalue weighted by Gasteiger charge is -2.03. The summed E-state index contributed by atoms with van der Waals surface area (Å²) in [6.45, 7) is 6.94. The van der Waals surface area contributed by atoms with Crippen LogP contribution in [0.25, 0.3) is 0 Å². The van der Waals surface area contributed by atoms with E-state index in [2.05, 4.69) is 18.9 Å². The molecule has 0 radical (unpaired) electrons. The van der Waals surface area contributed by atoms with Gasteiger partial charge in [-0.15, -0.1) is 0 Å². The molecule has 1 unspecified atom stereocenters. The van der Waals surface area contributed by atoms with Crippen molar-refractivity contribution >= 4 is 0 Å². The van der Waals surface area contributed by atoms with E-state index in [9.17, 15) is 5.11 Å². The smallest absolute Gasteiger partial charge is 0.0792 e. The van der Waals surface area contributed by atoms with Crippen LogP contribution in [-0.2, 0) is 6.54 Å². The van der Waals surface area contributed by atoms with Gasteiger partial charge in [-0.05, 0) is 12.8 Å². The molecule has 0 spiro atoms. The van der Waals surface area contributed by atoms with Crippen molar-refractivity contribution < 1.29 is 5.11 Å². The minimum atomic E-state index is -0.411. The summed E-state index contributed by atoms with van der Waals surface area (Å²) >= 11 is 0. The molecule has 3 nitrogen and oxygen atoms in total. The molecule has 0 fully saturated rings. The molecule has 0 saturated heterocycles. The number of hydrogen-bond donors (Lipinski definition) is 1. The number of rotatable bonds is 3. The van der Waals surface area contributed by atoms with E-state index in [1.54, 1.807) is 13.1 Å². The lowest BCUT2D eigenvalue weighted by Crippen LogP contribution is -2.04. The van der Waals surface area contributed by atoms with E-state index in [0.717, 1.165) is 12.1 Å². The number of aliphatic hydroxyl groups is 1. The summed E-state index contributed by atoms with van der Waals surface area (Å²) in [6, 6.07) is 0. The van der Waals surface area contributed by atoms with Crippen LogP contribution in [0.3, 0.4) is 0 Å². The third-order valence-corrected chi connectivity index (χ3v) is 1.69. The summed E-state index contributed by atoms with van der Waals surface area (Å²) in [5, 5.41) is 13.4. The first-order valence-corrected chi connectivity index (χ1v) is 4.30. The molecular weight excluding hydrogens is 152 g/mol. The van der Waals surface area contributed by atoms with Crippen LogP contribution >= 0.6 is 0 Å². The van der Waals surface area contributed by atoms with Gasteiger partial charge in [0.15, 0.2) is 0 Å². The molecule has 0 aromatic carbocycles. The standard InChI is InChI=1S/C9H16N2O/c1-7(2)5-11-6-9(4-10-11)8(3)12/h4,6-8,12H,5H2,1-3H3. The van der Waals surface area contributed by atoms with Crippen molar-refractivity contribution in [1.29, 1.82) is 0 Å². The van der Waals surface area contributed by atoms with Crippen LogP contribution in [0.5, 0.6) is 0 Å². The number of hydrogen-bond acceptors (Lipinski definition) is 2. The first kappa shape index (κ1) is 9.26. The summed E-state index contributed by atoms with van der Waals surface area (Å²) in [5.41, 5.74) is 0.885. The summed E-state index contributed by atoms with van der Waals surface area (Å²) in [6.07, 6.45) is 3.20. The predicted molar refractivity (Wildman–Crippen MR) is 47.7 cm³/mol. The second-order valence-corrected chi connectivity index (χ2v) is 3.57. The van der Waals surface area contributed by atoms with Crippen LogP contribution in [0, 0.1) is 5.92 Å². The number of aromatic nitrogens is 2. The maximum Gasteiger partial charge on any atom is 0.0792 e. The molecule has 1 rings (SSSR count). The van der Waals surface area contributed by atoms with Crippen LogP contribution in [0.1, 0.15) is 32.4 Å². The van der Waals surface area contributed by atoms with Crippen LogP contribution in [0.4, 0.5) is 0 Å². The SMILES string of the molecule is CC(C)Cn1cc(C(C)O)cn1. The third-order valence-electron chi connectivity index (χ3n) is 1.69. The Morgan fingerprint density at radius 2 is 2.17 bits per heavy atom. The highest BCUT2D eigenvalue weighted by molar-refractivity contribution is 5.06. The van der Waals surface area contributed by atoms with Gasteiger partial charge in [0, 0.05) is 18.3 Å². The normalized spacial score (nSPS) is 13.8. The van der Waals surface area contributed by atoms with Crippen LogP contribution in [0.2, 0.25) is 0 Å². The Balaban J connectivity index is 2.64. The van der Waals surface area contributed by atoms with Gasteiger partial charge in [0.05, 0.1) is 12.3 Å². The van der Waals surface area contributed by atoms with Crippen molar-refractivity contribution in [2.75, 3.05) is 0 Å². The number of aliphatic hydroxyl groups excluding tert-OH is 1. The zero-order valence-electron chi connectivity index (χ0n) is 7.86. The average molecular weight is 168 g/mol. The molecular formula is C9H16N2O. The predicted octanol–water partition coefficient (Wildman–Crippen LogP) is 1.59. The molecule has 0 aliphatic carbocycles. The van der Waals surface area contributed by atoms with Crippen molar-refractivity contribution in [3.63, 3.8) is 0 Å². The topological polar surface area (TPSA) is 38.0 Å². The van der Waals surface area contributed by atoms with Crippen molar-refractivity contribution in [2.45, 2.75) is 33.4 Å². The maximum absolute atomic E-state index is 9.22. The Morgan fingerprint density at radius 1 is 1.50 bits per heavy atom. The van der Waals surface area contributed by atoms with Crippen molar-refractivity contribution in [3.05, 3.63) is 18.0 Å². The quantitative estimate of drug-likeness (QED) is 0.744. The summed E-state index contributed by atoms with van der Waals surface area (Å²) in [5.74, 6) is 0.590. The molecule has 68 valence electrons. The van der Waals surface area contributed by atoms with E-state index in [1.165, 1.54) is 0 Å². The molecule has 1 heterocycles. The molecule has 0 saturated carbocycles. The van der Waals surface area contributed by atoms with Gasteiger partial charge in [-0.3, -0.25) is 4.68 Å². The van der Waals surface area contributed by atoms with Gasteiger partial charge in [0.2, 0.25) is 0 Å². The Hall–Kier alpha value is -0.830. The molecule has 0 bridgehead atoms. The van der Waals surface area contributed by atoms with E-state index in [4.69, 9.17) is 0 Å². The van der Waals surface area contributed by atoms with E-state index in [1.807, 2.05) is 10.9 Å². The second kappa shape index (κ2) is 3.72. The van der Waals surface area contributed by atoms with E-state index < -0.39 is 6.10 Å². The van der Waals surface area contributed by atoms with Crippen molar-refractivity contribution in [3.8, 4) is 0 Å². The summed E-state index contributed by atoms with van der Waals surface area (Å²) < 4.78 is 1.87. The molecule has 0 amide bonds. The van der Waals surface area contributed by atoms with Crippen LogP contribution in [0.15, 0.2) is 12.4 Å². The highest BCUT2D eigenvalue weighted by Crippen LogP contribution is 2.10. The maximum atomic E-state index is 9.22. The van der Waals surface area contributed by atoms with Crippen LogP contribution < -0.4 is 0 Å². The van der Waals surface area contributed by atoms with Gasteiger partial charge in [0.1, 0.15) is 0 Å². The highest BCUT2D eigenvalue weighted by atomic mass is 16.3. The lowest BCUT2D eigenvalue weighted by atomic mass is 10.2. The molecule has 1 atom stereocenters. The fourth-order valence-corrected chi connectivity index (χ4v) is 1.07. The van der Waals surface area contributed by atoms with E-state index in [0.29, 0.717) is 5.92 Å².